The van der Waals surface area contributed by atoms with E-state index < -0.39 is 0 Å². The Morgan fingerprint density at radius 3 is 2.27 bits per heavy atom. The van der Waals surface area contributed by atoms with Gasteiger partial charge >= 0.3 is 0 Å². The Balaban J connectivity index is 1.93. The van der Waals surface area contributed by atoms with E-state index in [1.165, 1.54) is 5.56 Å². The molecule has 1 heterocycles. The standard InChI is InChI=1S/C19H21NO2/c1-14-5-7-15(8-6-14)16-9-10-17(18(13-16)22-2)19(21)20-11-3-4-12-20/h5-10,13H,3-4,11-12H2,1-2H3. The van der Waals surface area contributed by atoms with Crippen LogP contribution in [0.25, 0.3) is 11.1 Å². The molecule has 2 aromatic carbocycles. The van der Waals surface area contributed by atoms with Gasteiger partial charge in [0.05, 0.1) is 12.7 Å². The molecule has 22 heavy (non-hydrogen) atoms. The highest BCUT2D eigenvalue weighted by Crippen LogP contribution is 2.29. The van der Waals surface area contributed by atoms with E-state index in [1.54, 1.807) is 7.11 Å². The third-order valence-corrected chi connectivity index (χ3v) is 4.21. The van der Waals surface area contributed by atoms with Crippen LogP contribution < -0.4 is 4.74 Å². The molecule has 0 spiro atoms. The molecule has 2 aromatic rings. The Bertz CT molecular complexity index is 670. The van der Waals surface area contributed by atoms with Gasteiger partial charge in [-0.15, -0.1) is 0 Å². The number of carbonyl (C=O) groups excluding carboxylic acids is 1. The lowest BCUT2D eigenvalue weighted by atomic mass is 10.0. The topological polar surface area (TPSA) is 29.5 Å². The van der Waals surface area contributed by atoms with E-state index in [2.05, 4.69) is 31.2 Å². The van der Waals surface area contributed by atoms with Crippen molar-refractivity contribution in [1.82, 2.24) is 4.90 Å². The van der Waals surface area contributed by atoms with Crippen LogP contribution in [0.5, 0.6) is 5.75 Å². The quantitative estimate of drug-likeness (QED) is 0.859. The first-order chi connectivity index (χ1) is 10.7. The minimum atomic E-state index is 0.0739. The number of rotatable bonds is 3. The van der Waals surface area contributed by atoms with Crippen molar-refractivity contribution in [3.05, 3.63) is 53.6 Å². The van der Waals surface area contributed by atoms with Gasteiger partial charge in [-0.3, -0.25) is 4.79 Å². The smallest absolute Gasteiger partial charge is 0.257 e. The molecule has 1 aliphatic heterocycles. The highest BCUT2D eigenvalue weighted by molar-refractivity contribution is 5.97. The lowest BCUT2D eigenvalue weighted by molar-refractivity contribution is 0.0789. The van der Waals surface area contributed by atoms with Gasteiger partial charge in [-0.25, -0.2) is 0 Å². The summed E-state index contributed by atoms with van der Waals surface area (Å²) in [7, 11) is 1.62. The van der Waals surface area contributed by atoms with Crippen molar-refractivity contribution in [2.75, 3.05) is 20.2 Å². The van der Waals surface area contributed by atoms with Crippen molar-refractivity contribution in [3.63, 3.8) is 0 Å². The van der Waals surface area contributed by atoms with Crippen molar-refractivity contribution in [1.29, 1.82) is 0 Å². The maximum absolute atomic E-state index is 12.6. The number of benzene rings is 2. The summed E-state index contributed by atoms with van der Waals surface area (Å²) in [4.78, 5) is 14.5. The van der Waals surface area contributed by atoms with Gasteiger partial charge in [0.15, 0.2) is 0 Å². The van der Waals surface area contributed by atoms with Gasteiger partial charge in [0.1, 0.15) is 5.75 Å². The van der Waals surface area contributed by atoms with Crippen molar-refractivity contribution < 1.29 is 9.53 Å². The first-order valence-electron chi connectivity index (χ1n) is 7.73. The number of nitrogens with zero attached hydrogens (tertiary/aromatic N) is 1. The molecular weight excluding hydrogens is 274 g/mol. The zero-order valence-electron chi connectivity index (χ0n) is 13.1. The molecule has 0 radical (unpaired) electrons. The normalized spacial score (nSPS) is 14.2. The molecule has 0 bridgehead atoms. The van der Waals surface area contributed by atoms with Crippen LogP contribution in [0.2, 0.25) is 0 Å². The van der Waals surface area contributed by atoms with E-state index in [9.17, 15) is 4.79 Å². The van der Waals surface area contributed by atoms with Crippen LogP contribution in [0.4, 0.5) is 0 Å². The van der Waals surface area contributed by atoms with Gasteiger partial charge in [0.2, 0.25) is 0 Å². The highest BCUT2D eigenvalue weighted by atomic mass is 16.5. The average Bonchev–Trinajstić information content (AvgIpc) is 3.09. The van der Waals surface area contributed by atoms with E-state index in [4.69, 9.17) is 4.74 Å². The van der Waals surface area contributed by atoms with Crippen LogP contribution in [0.15, 0.2) is 42.5 Å². The predicted octanol–water partition coefficient (Wildman–Crippen LogP) is 3.91. The zero-order valence-corrected chi connectivity index (χ0v) is 13.1. The number of hydrogen-bond donors (Lipinski definition) is 0. The van der Waals surface area contributed by atoms with E-state index in [0.717, 1.165) is 37.1 Å². The molecule has 0 atom stereocenters. The Morgan fingerprint density at radius 2 is 1.64 bits per heavy atom. The van der Waals surface area contributed by atoms with Gasteiger partial charge < -0.3 is 9.64 Å². The molecule has 0 aliphatic carbocycles. The van der Waals surface area contributed by atoms with E-state index >= 15 is 0 Å². The van der Waals surface area contributed by atoms with Crippen LogP contribution in [0.1, 0.15) is 28.8 Å². The van der Waals surface area contributed by atoms with E-state index in [1.807, 2.05) is 23.1 Å². The second-order valence-corrected chi connectivity index (χ2v) is 5.78. The molecule has 0 unspecified atom stereocenters. The van der Waals surface area contributed by atoms with Gasteiger partial charge in [0.25, 0.3) is 5.91 Å². The van der Waals surface area contributed by atoms with Gasteiger partial charge in [0, 0.05) is 13.1 Å². The molecule has 3 nitrogen and oxygen atoms in total. The fraction of sp³-hybridized carbons (Fsp3) is 0.316. The summed E-state index contributed by atoms with van der Waals surface area (Å²) >= 11 is 0. The molecule has 114 valence electrons. The number of ether oxygens (including phenoxy) is 1. The SMILES string of the molecule is COc1cc(-c2ccc(C)cc2)ccc1C(=O)N1CCCC1. The largest absolute Gasteiger partial charge is 0.496 e. The molecule has 0 aromatic heterocycles. The minimum Gasteiger partial charge on any atom is -0.496 e. The van der Waals surface area contributed by atoms with Crippen molar-refractivity contribution in [3.8, 4) is 16.9 Å². The van der Waals surface area contributed by atoms with Gasteiger partial charge in [-0.1, -0.05) is 35.9 Å². The molecule has 1 aliphatic rings. The van der Waals surface area contributed by atoms with Gasteiger partial charge in [-0.2, -0.15) is 0 Å². The van der Waals surface area contributed by atoms with Crippen LogP contribution in [-0.2, 0) is 0 Å². The molecular formula is C19H21NO2. The highest BCUT2D eigenvalue weighted by Gasteiger charge is 2.22. The summed E-state index contributed by atoms with van der Waals surface area (Å²) in [5.74, 6) is 0.722. The Morgan fingerprint density at radius 1 is 1.00 bits per heavy atom. The van der Waals surface area contributed by atoms with Crippen LogP contribution in [0, 0.1) is 6.92 Å². The summed E-state index contributed by atoms with van der Waals surface area (Å²) in [5, 5.41) is 0. The third kappa shape index (κ3) is 2.84. The van der Waals surface area contributed by atoms with E-state index in [-0.39, 0.29) is 5.91 Å². The summed E-state index contributed by atoms with van der Waals surface area (Å²) < 4.78 is 5.46. The van der Waals surface area contributed by atoms with Crippen LogP contribution >= 0.6 is 0 Å². The maximum atomic E-state index is 12.6. The summed E-state index contributed by atoms with van der Waals surface area (Å²) in [6, 6.07) is 14.2. The first kappa shape index (κ1) is 14.6. The maximum Gasteiger partial charge on any atom is 0.257 e. The fourth-order valence-electron chi connectivity index (χ4n) is 2.88. The average molecular weight is 295 g/mol. The summed E-state index contributed by atoms with van der Waals surface area (Å²) in [5.41, 5.74) is 4.08. The molecule has 0 saturated carbocycles. The lowest BCUT2D eigenvalue weighted by Crippen LogP contribution is -2.27. The van der Waals surface area contributed by atoms with Crippen LogP contribution in [0.3, 0.4) is 0 Å². The summed E-state index contributed by atoms with van der Waals surface area (Å²) in [6.45, 7) is 3.77. The number of aryl methyl sites for hydroxylation is 1. The second kappa shape index (κ2) is 6.22. The monoisotopic (exact) mass is 295 g/mol. The molecule has 3 rings (SSSR count). The number of likely N-dealkylation sites (tertiary alicyclic amines) is 1. The van der Waals surface area contributed by atoms with Crippen LogP contribution in [-0.4, -0.2) is 31.0 Å². The van der Waals surface area contributed by atoms with Crippen molar-refractivity contribution in [2.24, 2.45) is 0 Å². The molecule has 0 N–H and O–H groups in total. The molecule has 3 heteroatoms. The number of carbonyl (C=O) groups is 1. The zero-order chi connectivity index (χ0) is 15.5. The summed E-state index contributed by atoms with van der Waals surface area (Å²) in [6.07, 6.45) is 2.19. The van der Waals surface area contributed by atoms with E-state index in [0.29, 0.717) is 11.3 Å². The molecule has 1 saturated heterocycles. The Kier molecular flexibility index (Phi) is 4.14. The Labute approximate surface area is 131 Å². The Hall–Kier alpha value is -2.29. The number of hydrogen-bond acceptors (Lipinski definition) is 2. The minimum absolute atomic E-state index is 0.0739. The molecule has 1 amide bonds. The molecule has 1 fully saturated rings. The predicted molar refractivity (Wildman–Crippen MR) is 88.3 cm³/mol. The van der Waals surface area contributed by atoms with Crippen molar-refractivity contribution >= 4 is 5.91 Å². The van der Waals surface area contributed by atoms with Crippen molar-refractivity contribution in [2.45, 2.75) is 19.8 Å². The number of methoxy groups -OCH3 is 1. The third-order valence-electron chi connectivity index (χ3n) is 4.21. The lowest BCUT2D eigenvalue weighted by Gasteiger charge is -2.17. The van der Waals surface area contributed by atoms with Gasteiger partial charge in [-0.05, 0) is 43.0 Å². The second-order valence-electron chi connectivity index (χ2n) is 5.78. The number of amides is 1. The fourth-order valence-corrected chi connectivity index (χ4v) is 2.88. The first-order valence-corrected chi connectivity index (χ1v) is 7.73.